The number of nitrogens with one attached hydrogen (secondary N) is 1. The fourth-order valence-corrected chi connectivity index (χ4v) is 4.03. The maximum Gasteiger partial charge on any atom is 0.328 e. The topological polar surface area (TPSA) is 82.6 Å². The SMILES string of the molecule is Cc1cn([C@@H]2C[C@H](COC(C)(C)C)[C@]3(OC(C)C)CO[C@H]23)c(=O)[nH]c1=O. The highest BCUT2D eigenvalue weighted by Gasteiger charge is 2.64. The molecule has 0 aromatic carbocycles. The fourth-order valence-electron chi connectivity index (χ4n) is 4.03. The van der Waals surface area contributed by atoms with Gasteiger partial charge in [0.15, 0.2) is 0 Å². The van der Waals surface area contributed by atoms with Crippen LogP contribution in [-0.2, 0) is 14.2 Å². The molecule has 7 heteroatoms. The molecule has 1 N–H and O–H groups in total. The molecule has 146 valence electrons. The molecule has 2 fully saturated rings. The standard InChI is InChI=1S/C19H30N2O5/c1-11(2)26-19-10-24-15(19)14(7-13(19)9-25-18(4,5)6)21-8-12(3)16(22)20-17(21)23/h8,11,13-15H,7,9-10H2,1-6H3,(H,20,22,23)/t13-,14-,15-,19-/m1/s1. The Bertz CT molecular complexity index is 775. The van der Waals surface area contributed by atoms with E-state index in [-0.39, 0.29) is 35.3 Å². The highest BCUT2D eigenvalue weighted by molar-refractivity contribution is 5.15. The van der Waals surface area contributed by atoms with Gasteiger partial charge in [-0.1, -0.05) is 0 Å². The Morgan fingerprint density at radius 3 is 2.62 bits per heavy atom. The van der Waals surface area contributed by atoms with Gasteiger partial charge in [0, 0.05) is 17.7 Å². The molecule has 4 atom stereocenters. The number of aromatic nitrogens is 2. The summed E-state index contributed by atoms with van der Waals surface area (Å²) < 4.78 is 19.9. The molecule has 26 heavy (non-hydrogen) atoms. The van der Waals surface area contributed by atoms with E-state index in [9.17, 15) is 9.59 Å². The number of hydrogen-bond donors (Lipinski definition) is 1. The minimum Gasteiger partial charge on any atom is -0.375 e. The molecule has 1 aromatic rings. The maximum absolute atomic E-state index is 12.4. The van der Waals surface area contributed by atoms with Crippen LogP contribution in [0.25, 0.3) is 0 Å². The van der Waals surface area contributed by atoms with Crippen molar-refractivity contribution in [2.45, 2.75) is 77.4 Å². The quantitative estimate of drug-likeness (QED) is 0.859. The van der Waals surface area contributed by atoms with Gasteiger partial charge in [0.2, 0.25) is 0 Å². The Morgan fingerprint density at radius 2 is 2.08 bits per heavy atom. The minimum atomic E-state index is -0.451. The van der Waals surface area contributed by atoms with Crippen molar-refractivity contribution in [2.24, 2.45) is 5.92 Å². The molecule has 3 rings (SSSR count). The molecule has 1 saturated carbocycles. The van der Waals surface area contributed by atoms with Crippen molar-refractivity contribution in [2.75, 3.05) is 13.2 Å². The van der Waals surface area contributed by atoms with Crippen molar-refractivity contribution >= 4 is 0 Å². The van der Waals surface area contributed by atoms with Gasteiger partial charge in [0.25, 0.3) is 5.56 Å². The summed E-state index contributed by atoms with van der Waals surface area (Å²) in [5, 5.41) is 0. The first-order valence-corrected chi connectivity index (χ1v) is 9.29. The smallest absolute Gasteiger partial charge is 0.328 e. The molecule has 7 nitrogen and oxygen atoms in total. The van der Waals surface area contributed by atoms with Crippen LogP contribution in [0, 0.1) is 12.8 Å². The highest BCUT2D eigenvalue weighted by atomic mass is 16.6. The average molecular weight is 366 g/mol. The van der Waals surface area contributed by atoms with Gasteiger partial charge < -0.3 is 14.2 Å². The second-order valence-corrected chi connectivity index (χ2v) is 8.76. The molecule has 1 aromatic heterocycles. The molecule has 0 radical (unpaired) electrons. The molecule has 0 amide bonds. The molecule has 0 bridgehead atoms. The van der Waals surface area contributed by atoms with Crippen LogP contribution < -0.4 is 11.2 Å². The van der Waals surface area contributed by atoms with Gasteiger partial charge in [-0.05, 0) is 48.0 Å². The number of H-pyrrole nitrogens is 1. The van der Waals surface area contributed by atoms with E-state index in [1.165, 1.54) is 0 Å². The molecular formula is C19H30N2O5. The number of nitrogens with zero attached hydrogens (tertiary/aromatic N) is 1. The van der Waals surface area contributed by atoms with E-state index in [2.05, 4.69) is 4.98 Å². The molecule has 1 saturated heterocycles. The maximum atomic E-state index is 12.4. The van der Waals surface area contributed by atoms with Crippen molar-refractivity contribution in [3.05, 3.63) is 32.6 Å². The first-order chi connectivity index (χ1) is 12.0. The van der Waals surface area contributed by atoms with Crippen LogP contribution in [0.1, 0.15) is 52.6 Å². The summed E-state index contributed by atoms with van der Waals surface area (Å²) in [5.74, 6) is 0.118. The lowest BCUT2D eigenvalue weighted by atomic mass is 9.85. The van der Waals surface area contributed by atoms with Gasteiger partial charge in [-0.3, -0.25) is 14.3 Å². The van der Waals surface area contributed by atoms with E-state index in [0.717, 1.165) is 0 Å². The number of ether oxygens (including phenoxy) is 3. The first kappa shape index (κ1) is 19.3. The first-order valence-electron chi connectivity index (χ1n) is 9.29. The molecule has 2 heterocycles. The van der Waals surface area contributed by atoms with Crippen molar-refractivity contribution in [1.29, 1.82) is 0 Å². The van der Waals surface area contributed by atoms with E-state index < -0.39 is 11.3 Å². The summed E-state index contributed by atoms with van der Waals surface area (Å²) in [6.45, 7) is 12.8. The van der Waals surface area contributed by atoms with Crippen molar-refractivity contribution in [3.8, 4) is 0 Å². The van der Waals surface area contributed by atoms with Gasteiger partial charge in [0.05, 0.1) is 31.0 Å². The third-order valence-corrected chi connectivity index (χ3v) is 5.21. The number of rotatable bonds is 5. The van der Waals surface area contributed by atoms with Crippen molar-refractivity contribution in [1.82, 2.24) is 9.55 Å². The lowest BCUT2D eigenvalue weighted by Gasteiger charge is -2.50. The normalized spacial score (nSPS) is 31.1. The van der Waals surface area contributed by atoms with E-state index >= 15 is 0 Å². The predicted molar refractivity (Wildman–Crippen MR) is 97.6 cm³/mol. The summed E-state index contributed by atoms with van der Waals surface area (Å²) in [7, 11) is 0. The van der Waals surface area contributed by atoms with Crippen molar-refractivity contribution in [3.63, 3.8) is 0 Å². The van der Waals surface area contributed by atoms with Gasteiger partial charge in [-0.2, -0.15) is 0 Å². The van der Waals surface area contributed by atoms with E-state index in [4.69, 9.17) is 14.2 Å². The zero-order chi connectivity index (χ0) is 19.3. The van der Waals surface area contributed by atoms with Crippen molar-refractivity contribution < 1.29 is 14.2 Å². The number of fused-ring (bicyclic) bond motifs is 1. The Labute approximate surface area is 153 Å². The number of aromatic amines is 1. The zero-order valence-electron chi connectivity index (χ0n) is 16.5. The minimum absolute atomic E-state index is 0.0475. The van der Waals surface area contributed by atoms with Crippen LogP contribution in [-0.4, -0.2) is 46.2 Å². The Hall–Kier alpha value is -1.44. The second-order valence-electron chi connectivity index (χ2n) is 8.76. The van der Waals surface area contributed by atoms with Crippen LogP contribution in [0.15, 0.2) is 15.8 Å². The van der Waals surface area contributed by atoms with Gasteiger partial charge in [-0.25, -0.2) is 4.79 Å². The third kappa shape index (κ3) is 3.40. The molecule has 0 spiro atoms. The van der Waals surface area contributed by atoms with Gasteiger partial charge >= 0.3 is 5.69 Å². The second kappa shape index (κ2) is 6.62. The van der Waals surface area contributed by atoms with Crippen LogP contribution in [0.3, 0.4) is 0 Å². The number of hydrogen-bond acceptors (Lipinski definition) is 5. The molecule has 2 aliphatic rings. The summed E-state index contributed by atoms with van der Waals surface area (Å²) in [5.41, 5.74) is -0.947. The lowest BCUT2D eigenvalue weighted by molar-refractivity contribution is -0.286. The highest BCUT2D eigenvalue weighted by Crippen LogP contribution is 2.53. The van der Waals surface area contributed by atoms with Gasteiger partial charge in [0.1, 0.15) is 11.7 Å². The average Bonchev–Trinajstić information content (AvgIpc) is 2.68. The van der Waals surface area contributed by atoms with Crippen LogP contribution >= 0.6 is 0 Å². The Morgan fingerprint density at radius 1 is 1.38 bits per heavy atom. The van der Waals surface area contributed by atoms with E-state index in [0.29, 0.717) is 25.2 Å². The lowest BCUT2D eigenvalue weighted by Crippen LogP contribution is -2.63. The van der Waals surface area contributed by atoms with E-state index in [1.807, 2.05) is 34.6 Å². The molecule has 1 aliphatic carbocycles. The van der Waals surface area contributed by atoms with Crippen LogP contribution in [0.4, 0.5) is 0 Å². The summed E-state index contributed by atoms with van der Waals surface area (Å²) in [6.07, 6.45) is 2.16. The van der Waals surface area contributed by atoms with Gasteiger partial charge in [-0.15, -0.1) is 0 Å². The zero-order valence-corrected chi connectivity index (χ0v) is 16.5. The van der Waals surface area contributed by atoms with E-state index in [1.54, 1.807) is 17.7 Å². The Kier molecular flexibility index (Phi) is 4.92. The number of aryl methyl sites for hydroxylation is 1. The van der Waals surface area contributed by atoms with Crippen LogP contribution in [0.5, 0.6) is 0 Å². The Balaban J connectivity index is 1.93. The molecule has 1 aliphatic heterocycles. The fraction of sp³-hybridized carbons (Fsp3) is 0.789. The monoisotopic (exact) mass is 366 g/mol. The summed E-state index contributed by atoms with van der Waals surface area (Å²) >= 11 is 0. The summed E-state index contributed by atoms with van der Waals surface area (Å²) in [6, 6.07) is -0.181. The summed E-state index contributed by atoms with van der Waals surface area (Å²) in [4.78, 5) is 26.5. The molecular weight excluding hydrogens is 336 g/mol. The third-order valence-electron chi connectivity index (χ3n) is 5.21. The predicted octanol–water partition coefficient (Wildman–Crippen LogP) is 1.78. The molecule has 0 unspecified atom stereocenters. The largest absolute Gasteiger partial charge is 0.375 e. The van der Waals surface area contributed by atoms with Crippen LogP contribution in [0.2, 0.25) is 0 Å².